The summed E-state index contributed by atoms with van der Waals surface area (Å²) < 4.78 is 3.55. The number of benzene rings is 8. The number of fused-ring (bicyclic) bond motifs is 17. The van der Waals surface area contributed by atoms with Gasteiger partial charge in [-0.05, 0) is 85.6 Å². The fourth-order valence-electron chi connectivity index (χ4n) is 9.99. The van der Waals surface area contributed by atoms with Crippen molar-refractivity contribution in [2.45, 2.75) is 5.41 Å². The lowest BCUT2D eigenvalue weighted by Crippen LogP contribution is -2.25. The van der Waals surface area contributed by atoms with E-state index >= 15 is 0 Å². The molecule has 0 saturated carbocycles. The van der Waals surface area contributed by atoms with Crippen molar-refractivity contribution in [3.05, 3.63) is 198 Å². The Morgan fingerprint density at radius 3 is 1.75 bits per heavy atom. The van der Waals surface area contributed by atoms with Crippen LogP contribution in [-0.4, -0.2) is 14.5 Å². The molecule has 3 aromatic heterocycles. The van der Waals surface area contributed by atoms with Crippen LogP contribution in [0.3, 0.4) is 0 Å². The van der Waals surface area contributed by atoms with Gasteiger partial charge in [0.2, 0.25) is 0 Å². The molecular weight excluding hydrogens is 687 g/mol. The molecule has 55 heavy (non-hydrogen) atoms. The highest BCUT2D eigenvalue weighted by Crippen LogP contribution is 2.63. The van der Waals surface area contributed by atoms with E-state index in [1.807, 2.05) is 0 Å². The van der Waals surface area contributed by atoms with Crippen molar-refractivity contribution in [1.82, 2.24) is 14.5 Å². The molecule has 0 atom stereocenters. The van der Waals surface area contributed by atoms with Gasteiger partial charge in [-0.25, -0.2) is 9.97 Å². The Balaban J connectivity index is 1.16. The van der Waals surface area contributed by atoms with Crippen molar-refractivity contribution in [1.29, 1.82) is 0 Å². The molecule has 0 aliphatic heterocycles. The van der Waals surface area contributed by atoms with E-state index in [0.29, 0.717) is 0 Å². The number of nitrogens with zero attached hydrogens (tertiary/aromatic N) is 3. The summed E-state index contributed by atoms with van der Waals surface area (Å²) in [5.41, 5.74) is 15.1. The maximum Gasteiger partial charge on any atom is 0.166 e. The highest BCUT2D eigenvalue weighted by Gasteiger charge is 2.51. The Hall–Kier alpha value is -6.88. The monoisotopic (exact) mass is 715 g/mol. The van der Waals surface area contributed by atoms with Crippen LogP contribution < -0.4 is 0 Å². The molecule has 13 rings (SSSR count). The molecular formula is C51H29N3S. The van der Waals surface area contributed by atoms with Crippen LogP contribution in [0, 0.1) is 0 Å². The summed E-state index contributed by atoms with van der Waals surface area (Å²) in [5.74, 6) is 0.845. The van der Waals surface area contributed by atoms with Gasteiger partial charge < -0.3 is 0 Å². The van der Waals surface area contributed by atoms with Crippen molar-refractivity contribution < 1.29 is 0 Å². The lowest BCUT2D eigenvalue weighted by molar-refractivity contribution is 0.794. The van der Waals surface area contributed by atoms with Gasteiger partial charge in [-0.3, -0.25) is 4.57 Å². The molecule has 0 amide bonds. The van der Waals surface area contributed by atoms with Crippen LogP contribution in [0.25, 0.3) is 92.3 Å². The summed E-state index contributed by atoms with van der Waals surface area (Å²) in [6, 6.07) is 64.6. The average molecular weight is 716 g/mol. The molecule has 0 fully saturated rings. The summed E-state index contributed by atoms with van der Waals surface area (Å²) in [7, 11) is 0. The number of para-hydroxylation sites is 1. The Bertz CT molecular complexity index is 3390. The lowest BCUT2D eigenvalue weighted by Gasteiger charge is -2.30. The lowest BCUT2D eigenvalue weighted by atomic mass is 9.70. The smallest absolute Gasteiger partial charge is 0.166 e. The van der Waals surface area contributed by atoms with Crippen molar-refractivity contribution in [3.8, 4) is 39.3 Å². The number of rotatable bonds is 2. The molecule has 0 N–H and O–H groups in total. The van der Waals surface area contributed by atoms with Crippen molar-refractivity contribution in [2.24, 2.45) is 0 Å². The minimum absolute atomic E-state index is 0.451. The predicted molar refractivity (Wildman–Crippen MR) is 228 cm³/mol. The molecule has 2 aliphatic carbocycles. The Morgan fingerprint density at radius 1 is 0.436 bits per heavy atom. The van der Waals surface area contributed by atoms with Gasteiger partial charge in [-0.1, -0.05) is 146 Å². The summed E-state index contributed by atoms with van der Waals surface area (Å²) >= 11 is 1.71. The summed E-state index contributed by atoms with van der Waals surface area (Å²) in [5, 5.41) is 5.98. The molecule has 1 spiro atoms. The van der Waals surface area contributed by atoms with Crippen molar-refractivity contribution >= 4 is 64.3 Å². The van der Waals surface area contributed by atoms with Gasteiger partial charge in [0, 0.05) is 26.4 Å². The molecule has 254 valence electrons. The number of thiophene rings is 1. The first kappa shape index (κ1) is 29.6. The molecule has 8 aromatic carbocycles. The maximum absolute atomic E-state index is 5.67. The third-order valence-electron chi connectivity index (χ3n) is 12.2. The van der Waals surface area contributed by atoms with Gasteiger partial charge in [0.25, 0.3) is 0 Å². The third-order valence-corrected chi connectivity index (χ3v) is 13.3. The molecule has 3 heterocycles. The van der Waals surface area contributed by atoms with Crippen LogP contribution in [0.4, 0.5) is 0 Å². The second-order valence-corrected chi connectivity index (χ2v) is 15.9. The van der Waals surface area contributed by atoms with E-state index in [1.165, 1.54) is 70.8 Å². The quantitative estimate of drug-likeness (QED) is 0.178. The number of aromatic nitrogens is 3. The van der Waals surface area contributed by atoms with E-state index in [2.05, 4.69) is 180 Å². The van der Waals surface area contributed by atoms with Crippen molar-refractivity contribution in [3.63, 3.8) is 0 Å². The highest BCUT2D eigenvalue weighted by molar-refractivity contribution is 7.25. The third kappa shape index (κ3) is 3.74. The highest BCUT2D eigenvalue weighted by atomic mass is 32.1. The Kier molecular flexibility index (Phi) is 5.71. The van der Waals surface area contributed by atoms with E-state index in [-0.39, 0.29) is 0 Å². The zero-order chi connectivity index (χ0) is 35.8. The summed E-state index contributed by atoms with van der Waals surface area (Å²) in [6.45, 7) is 0. The molecule has 3 nitrogen and oxygen atoms in total. The van der Waals surface area contributed by atoms with Crippen LogP contribution in [0.2, 0.25) is 0 Å². The number of hydrogen-bond acceptors (Lipinski definition) is 3. The first-order valence-corrected chi connectivity index (χ1v) is 19.6. The van der Waals surface area contributed by atoms with Gasteiger partial charge in [0.15, 0.2) is 5.82 Å². The molecule has 0 radical (unpaired) electrons. The second kappa shape index (κ2) is 10.6. The van der Waals surface area contributed by atoms with Gasteiger partial charge in [-0.15, -0.1) is 11.3 Å². The van der Waals surface area contributed by atoms with Crippen LogP contribution in [-0.2, 0) is 5.41 Å². The zero-order valence-electron chi connectivity index (χ0n) is 29.5. The second-order valence-electron chi connectivity index (χ2n) is 14.9. The molecule has 0 unspecified atom stereocenters. The maximum atomic E-state index is 5.67. The topological polar surface area (TPSA) is 30.7 Å². The van der Waals surface area contributed by atoms with Gasteiger partial charge in [0.1, 0.15) is 16.0 Å². The predicted octanol–water partition coefficient (Wildman–Crippen LogP) is 13.1. The minimum atomic E-state index is -0.451. The molecule has 2 aliphatic rings. The number of hydrogen-bond donors (Lipinski definition) is 0. The SMILES string of the molecule is c1ccc2c(c1)-c1ccccc1C21c2ccccc2-c2ccc(-c3nc4c(nc3-n3c5ccccc5c5cc6ccccc6cc53)sc3ccccc34)cc21. The van der Waals surface area contributed by atoms with Gasteiger partial charge in [-0.2, -0.15) is 0 Å². The molecule has 4 heteroatoms. The van der Waals surface area contributed by atoms with E-state index in [4.69, 9.17) is 9.97 Å². The van der Waals surface area contributed by atoms with E-state index in [0.717, 1.165) is 43.8 Å². The van der Waals surface area contributed by atoms with Crippen molar-refractivity contribution in [2.75, 3.05) is 0 Å². The van der Waals surface area contributed by atoms with E-state index < -0.39 is 5.41 Å². The largest absolute Gasteiger partial charge is 0.292 e. The zero-order valence-corrected chi connectivity index (χ0v) is 30.3. The standard InChI is InChI=1S/C51H29N3S/c1-2-14-31-29-45-39(27-30(31)13-1)37-18-6-11-23-44(37)54(45)49-47(52-48-38-19-7-12-24-46(38)55-50(48)53-49)32-25-26-36-35-17-5-10-22-42(35)51(43(36)28-32)40-20-8-3-15-33(40)34-16-4-9-21-41(34)51/h1-29H. The molecule has 0 bridgehead atoms. The Morgan fingerprint density at radius 2 is 1.02 bits per heavy atom. The fraction of sp³-hybridized carbons (Fsp3) is 0.0196. The van der Waals surface area contributed by atoms with Gasteiger partial charge >= 0.3 is 0 Å². The van der Waals surface area contributed by atoms with Crippen LogP contribution in [0.5, 0.6) is 0 Å². The van der Waals surface area contributed by atoms with Crippen LogP contribution in [0.15, 0.2) is 176 Å². The van der Waals surface area contributed by atoms with Crippen LogP contribution in [0.1, 0.15) is 22.3 Å². The van der Waals surface area contributed by atoms with Gasteiger partial charge in [0.05, 0.1) is 16.4 Å². The molecule has 0 saturated heterocycles. The minimum Gasteiger partial charge on any atom is -0.292 e. The molecule has 11 aromatic rings. The summed E-state index contributed by atoms with van der Waals surface area (Å²) in [6.07, 6.45) is 0. The first-order chi connectivity index (χ1) is 27.3. The average Bonchev–Trinajstić information content (AvgIpc) is 3.95. The van der Waals surface area contributed by atoms with E-state index in [1.54, 1.807) is 11.3 Å². The summed E-state index contributed by atoms with van der Waals surface area (Å²) in [4.78, 5) is 12.2. The normalized spacial score (nSPS) is 13.6. The Labute approximate surface area is 320 Å². The van der Waals surface area contributed by atoms with Crippen LogP contribution >= 0.6 is 11.3 Å². The van der Waals surface area contributed by atoms with E-state index in [9.17, 15) is 0 Å². The first-order valence-electron chi connectivity index (χ1n) is 18.8. The fourth-order valence-corrected chi connectivity index (χ4v) is 11.0.